The summed E-state index contributed by atoms with van der Waals surface area (Å²) in [5.41, 5.74) is 1.15. The first-order chi connectivity index (χ1) is 10.6. The van der Waals surface area contributed by atoms with E-state index in [1.165, 1.54) is 4.68 Å². The summed E-state index contributed by atoms with van der Waals surface area (Å²) >= 11 is 6.02. The Morgan fingerprint density at radius 2 is 2.14 bits per heavy atom. The summed E-state index contributed by atoms with van der Waals surface area (Å²) < 4.78 is 6.84. The van der Waals surface area contributed by atoms with Gasteiger partial charge in [0.1, 0.15) is 6.10 Å². The summed E-state index contributed by atoms with van der Waals surface area (Å²) in [6.07, 6.45) is 1.86. The van der Waals surface area contributed by atoms with Gasteiger partial charge in [0.05, 0.1) is 6.04 Å². The van der Waals surface area contributed by atoms with Crippen molar-refractivity contribution in [2.75, 3.05) is 0 Å². The van der Waals surface area contributed by atoms with Crippen molar-refractivity contribution in [2.24, 2.45) is 0 Å². The normalized spacial score (nSPS) is 13.4. The minimum Gasteiger partial charge on any atom is -0.453 e. The molecule has 0 aliphatic heterocycles. The Morgan fingerprint density at radius 3 is 2.73 bits per heavy atom. The molecular formula is C16H18ClN3O2. The van der Waals surface area contributed by atoms with Crippen molar-refractivity contribution in [1.29, 1.82) is 0 Å². The summed E-state index contributed by atoms with van der Waals surface area (Å²) in [5, 5.41) is 7.81. The number of aromatic nitrogens is 3. The molecule has 22 heavy (non-hydrogen) atoms. The largest absolute Gasteiger partial charge is 0.453 e. The number of hydrogen-bond acceptors (Lipinski definition) is 4. The van der Waals surface area contributed by atoms with Crippen LogP contribution in [0.1, 0.15) is 42.4 Å². The molecule has 0 fully saturated rings. The van der Waals surface area contributed by atoms with Crippen LogP contribution in [0.25, 0.3) is 0 Å². The van der Waals surface area contributed by atoms with Gasteiger partial charge < -0.3 is 4.74 Å². The van der Waals surface area contributed by atoms with Gasteiger partial charge in [-0.05, 0) is 18.9 Å². The van der Waals surface area contributed by atoms with Crippen molar-refractivity contribution in [3.8, 4) is 0 Å². The number of halogens is 1. The summed E-state index contributed by atoms with van der Waals surface area (Å²) in [5.74, 6) is -0.551. The van der Waals surface area contributed by atoms with E-state index in [4.69, 9.17) is 16.3 Å². The molecule has 0 saturated heterocycles. The number of esters is 1. The molecule has 1 aromatic carbocycles. The van der Waals surface area contributed by atoms with Crippen LogP contribution in [-0.4, -0.2) is 27.1 Å². The highest BCUT2D eigenvalue weighted by Crippen LogP contribution is 2.23. The summed E-state index contributed by atoms with van der Waals surface area (Å²) in [4.78, 5) is 12.4. The predicted octanol–water partition coefficient (Wildman–Crippen LogP) is 3.66. The molecule has 6 heteroatoms. The summed E-state index contributed by atoms with van der Waals surface area (Å²) in [6.45, 7) is 7.47. The lowest BCUT2D eigenvalue weighted by Crippen LogP contribution is -2.21. The second kappa shape index (κ2) is 7.22. The average Bonchev–Trinajstić information content (AvgIpc) is 2.94. The number of benzene rings is 1. The minimum atomic E-state index is -0.551. The van der Waals surface area contributed by atoms with Crippen LogP contribution < -0.4 is 0 Å². The van der Waals surface area contributed by atoms with E-state index in [0.29, 0.717) is 6.42 Å². The maximum Gasteiger partial charge on any atom is 0.360 e. The van der Waals surface area contributed by atoms with Gasteiger partial charge in [-0.15, -0.1) is 5.10 Å². The molecule has 1 aromatic heterocycles. The Morgan fingerprint density at radius 1 is 1.45 bits per heavy atom. The molecule has 0 spiro atoms. The van der Waals surface area contributed by atoms with Crippen molar-refractivity contribution in [1.82, 2.24) is 15.0 Å². The predicted molar refractivity (Wildman–Crippen MR) is 85.0 cm³/mol. The summed E-state index contributed by atoms with van der Waals surface area (Å²) in [7, 11) is 0. The van der Waals surface area contributed by atoms with Crippen LogP contribution in [0.2, 0.25) is 5.15 Å². The summed E-state index contributed by atoms with van der Waals surface area (Å²) in [6, 6.07) is 9.49. The van der Waals surface area contributed by atoms with Crippen LogP contribution in [0.4, 0.5) is 0 Å². The molecule has 0 amide bonds. The standard InChI is InChI=1S/C16H18ClN3O2/c1-4-13(5-2)22-16(21)14-15(17)18-19-20(14)11(3)12-9-7-6-8-10-12/h4,6-11,13H,1,5H2,2-3H3/t11-,13?/m1/s1. The highest BCUT2D eigenvalue weighted by Gasteiger charge is 2.25. The molecule has 1 unspecified atom stereocenters. The van der Waals surface area contributed by atoms with E-state index in [1.54, 1.807) is 6.08 Å². The van der Waals surface area contributed by atoms with Crippen LogP contribution >= 0.6 is 11.6 Å². The Bertz CT molecular complexity index is 655. The number of ether oxygens (including phenoxy) is 1. The van der Waals surface area contributed by atoms with Gasteiger partial charge >= 0.3 is 5.97 Å². The van der Waals surface area contributed by atoms with Crippen molar-refractivity contribution in [3.05, 3.63) is 59.4 Å². The van der Waals surface area contributed by atoms with Crippen molar-refractivity contribution >= 4 is 17.6 Å². The highest BCUT2D eigenvalue weighted by molar-refractivity contribution is 6.32. The second-order valence-electron chi connectivity index (χ2n) is 4.85. The first-order valence-electron chi connectivity index (χ1n) is 7.07. The first-order valence-corrected chi connectivity index (χ1v) is 7.45. The minimum absolute atomic E-state index is 0.0340. The third-order valence-electron chi connectivity index (χ3n) is 3.42. The van der Waals surface area contributed by atoms with Crippen LogP contribution in [0.5, 0.6) is 0 Å². The number of nitrogens with zero attached hydrogens (tertiary/aromatic N) is 3. The molecular weight excluding hydrogens is 302 g/mol. The fraction of sp³-hybridized carbons (Fsp3) is 0.312. The van der Waals surface area contributed by atoms with Gasteiger partial charge in [0.2, 0.25) is 0 Å². The number of hydrogen-bond donors (Lipinski definition) is 0. The molecule has 1 heterocycles. The molecule has 5 nitrogen and oxygen atoms in total. The molecule has 2 rings (SSSR count). The Balaban J connectivity index is 2.32. The number of rotatable bonds is 6. The fourth-order valence-electron chi connectivity index (χ4n) is 2.09. The third kappa shape index (κ3) is 3.36. The zero-order valence-corrected chi connectivity index (χ0v) is 13.3. The Labute approximate surface area is 134 Å². The van der Waals surface area contributed by atoms with Crippen LogP contribution in [0.15, 0.2) is 43.0 Å². The van der Waals surface area contributed by atoms with Gasteiger partial charge in [-0.3, -0.25) is 0 Å². The van der Waals surface area contributed by atoms with E-state index in [1.807, 2.05) is 44.2 Å². The van der Waals surface area contributed by atoms with Gasteiger partial charge in [-0.2, -0.15) is 0 Å². The second-order valence-corrected chi connectivity index (χ2v) is 5.21. The van der Waals surface area contributed by atoms with Crippen LogP contribution in [0, 0.1) is 0 Å². The zero-order valence-electron chi connectivity index (χ0n) is 12.6. The average molecular weight is 320 g/mol. The van der Waals surface area contributed by atoms with Crippen LogP contribution in [0.3, 0.4) is 0 Å². The Kier molecular flexibility index (Phi) is 5.33. The number of carbonyl (C=O) groups excluding carboxylic acids is 1. The van der Waals surface area contributed by atoms with E-state index >= 15 is 0 Å². The quantitative estimate of drug-likeness (QED) is 0.602. The maximum atomic E-state index is 12.4. The van der Waals surface area contributed by atoms with Crippen molar-refractivity contribution in [3.63, 3.8) is 0 Å². The molecule has 0 radical (unpaired) electrons. The molecule has 0 saturated carbocycles. The van der Waals surface area contributed by atoms with Gasteiger partial charge in [-0.1, -0.05) is 66.7 Å². The molecule has 2 aromatic rings. The van der Waals surface area contributed by atoms with Gasteiger partial charge in [0.15, 0.2) is 10.8 Å². The SMILES string of the molecule is C=CC(CC)OC(=O)c1c(Cl)nnn1[C@H](C)c1ccccc1. The maximum absolute atomic E-state index is 12.4. The van der Waals surface area contributed by atoms with Gasteiger partial charge in [0.25, 0.3) is 0 Å². The lowest BCUT2D eigenvalue weighted by Gasteiger charge is -2.16. The molecule has 0 bridgehead atoms. The van der Waals surface area contributed by atoms with E-state index in [-0.39, 0.29) is 23.0 Å². The van der Waals surface area contributed by atoms with Gasteiger partial charge in [0, 0.05) is 0 Å². The zero-order chi connectivity index (χ0) is 16.1. The monoisotopic (exact) mass is 319 g/mol. The van der Waals surface area contributed by atoms with Crippen molar-refractivity contribution in [2.45, 2.75) is 32.4 Å². The third-order valence-corrected chi connectivity index (χ3v) is 3.67. The van der Waals surface area contributed by atoms with Crippen LogP contribution in [-0.2, 0) is 4.74 Å². The molecule has 116 valence electrons. The van der Waals surface area contributed by atoms with Gasteiger partial charge in [-0.25, -0.2) is 9.48 Å². The molecule has 0 aliphatic carbocycles. The van der Waals surface area contributed by atoms with E-state index in [9.17, 15) is 4.79 Å². The molecule has 0 aliphatic rings. The smallest absolute Gasteiger partial charge is 0.360 e. The lowest BCUT2D eigenvalue weighted by molar-refractivity contribution is 0.0373. The Hall–Kier alpha value is -2.14. The van der Waals surface area contributed by atoms with Crippen molar-refractivity contribution < 1.29 is 9.53 Å². The molecule has 0 N–H and O–H groups in total. The van der Waals surface area contributed by atoms with E-state index < -0.39 is 5.97 Å². The van der Waals surface area contributed by atoms with E-state index in [0.717, 1.165) is 5.56 Å². The first kappa shape index (κ1) is 16.2. The van der Waals surface area contributed by atoms with E-state index in [2.05, 4.69) is 16.9 Å². The number of carbonyl (C=O) groups is 1. The lowest BCUT2D eigenvalue weighted by atomic mass is 10.1. The topological polar surface area (TPSA) is 57.0 Å². The molecule has 2 atom stereocenters. The highest BCUT2D eigenvalue weighted by atomic mass is 35.5. The fourth-order valence-corrected chi connectivity index (χ4v) is 2.28.